The van der Waals surface area contributed by atoms with Crippen LogP contribution in [0.4, 0.5) is 8.78 Å². The molecule has 2 heterocycles. The minimum absolute atomic E-state index is 0.211. The van der Waals surface area contributed by atoms with Crippen LogP contribution in [0.1, 0.15) is 49.6 Å². The maximum absolute atomic E-state index is 14.3. The Labute approximate surface area is 114 Å². The van der Waals surface area contributed by atoms with Crippen LogP contribution in [0, 0.1) is 0 Å². The van der Waals surface area contributed by atoms with Crippen LogP contribution in [0.15, 0.2) is 17.2 Å². The summed E-state index contributed by atoms with van der Waals surface area (Å²) < 4.78 is 33.7. The molecule has 20 heavy (non-hydrogen) atoms. The van der Waals surface area contributed by atoms with Gasteiger partial charge in [-0.2, -0.15) is 0 Å². The molecule has 2 fully saturated rings. The standard InChI is InChI=1S/C15H14F2N2O/c1-8(2)9-7-10(14(16)3-4-14)18-13-11(9)12(19-20-13)15(17)5-6-15/h7H,1,3-6H2,2H3. The molecule has 0 N–H and O–H groups in total. The average molecular weight is 276 g/mol. The van der Waals surface area contributed by atoms with Gasteiger partial charge in [0, 0.05) is 0 Å². The summed E-state index contributed by atoms with van der Waals surface area (Å²) >= 11 is 0. The second kappa shape index (κ2) is 3.45. The van der Waals surface area contributed by atoms with Crippen molar-refractivity contribution in [1.29, 1.82) is 0 Å². The van der Waals surface area contributed by atoms with Crippen molar-refractivity contribution in [3.05, 3.63) is 29.6 Å². The van der Waals surface area contributed by atoms with E-state index < -0.39 is 11.3 Å². The molecule has 5 heteroatoms. The predicted molar refractivity (Wildman–Crippen MR) is 70.6 cm³/mol. The van der Waals surface area contributed by atoms with Crippen LogP contribution in [-0.4, -0.2) is 10.1 Å². The first kappa shape index (κ1) is 12.0. The van der Waals surface area contributed by atoms with Gasteiger partial charge in [-0.25, -0.2) is 13.8 Å². The van der Waals surface area contributed by atoms with Crippen molar-refractivity contribution in [2.45, 2.75) is 43.9 Å². The number of nitrogens with zero attached hydrogens (tertiary/aromatic N) is 2. The van der Waals surface area contributed by atoms with E-state index in [0.717, 1.165) is 5.57 Å². The van der Waals surface area contributed by atoms with Gasteiger partial charge >= 0.3 is 0 Å². The minimum atomic E-state index is -1.41. The van der Waals surface area contributed by atoms with Gasteiger partial charge in [-0.05, 0) is 44.2 Å². The molecule has 0 bridgehead atoms. The molecule has 0 spiro atoms. The summed E-state index contributed by atoms with van der Waals surface area (Å²) in [7, 11) is 0. The first-order chi connectivity index (χ1) is 9.43. The fourth-order valence-corrected chi connectivity index (χ4v) is 2.54. The van der Waals surface area contributed by atoms with Gasteiger partial charge in [0.15, 0.2) is 11.3 Å². The Morgan fingerprint density at radius 1 is 1.25 bits per heavy atom. The normalized spacial score (nSPS) is 21.9. The highest BCUT2D eigenvalue weighted by Gasteiger charge is 2.51. The number of aromatic nitrogens is 2. The quantitative estimate of drug-likeness (QED) is 0.844. The van der Waals surface area contributed by atoms with Gasteiger partial charge in [0.1, 0.15) is 5.69 Å². The molecule has 0 unspecified atom stereocenters. The van der Waals surface area contributed by atoms with Crippen molar-refractivity contribution in [1.82, 2.24) is 10.1 Å². The number of hydrogen-bond acceptors (Lipinski definition) is 3. The minimum Gasteiger partial charge on any atom is -0.335 e. The third-order valence-electron chi connectivity index (χ3n) is 4.17. The molecule has 0 saturated heterocycles. The SMILES string of the molecule is C=C(C)c1cc(C2(F)CC2)nc2onc(C3(F)CC3)c12. The lowest BCUT2D eigenvalue weighted by molar-refractivity contribution is 0.292. The van der Waals surface area contributed by atoms with Gasteiger partial charge in [0.05, 0.1) is 11.1 Å². The van der Waals surface area contributed by atoms with Crippen molar-refractivity contribution in [3.8, 4) is 0 Å². The average Bonchev–Trinajstić information content (AvgIpc) is 3.29. The molecule has 2 aliphatic carbocycles. The summed E-state index contributed by atoms with van der Waals surface area (Å²) in [5, 5.41) is 4.39. The molecule has 2 saturated carbocycles. The summed E-state index contributed by atoms with van der Waals surface area (Å²) in [5.41, 5.74) is -0.513. The molecule has 0 atom stereocenters. The summed E-state index contributed by atoms with van der Waals surface area (Å²) in [4.78, 5) is 4.20. The van der Waals surface area contributed by atoms with Crippen molar-refractivity contribution < 1.29 is 13.3 Å². The molecule has 2 aromatic heterocycles. The predicted octanol–water partition coefficient (Wildman–Crippen LogP) is 4.17. The molecule has 0 aliphatic heterocycles. The molecular formula is C15H14F2N2O. The number of fused-ring (bicyclic) bond motifs is 1. The number of rotatable bonds is 3. The van der Waals surface area contributed by atoms with Crippen LogP contribution in [0.5, 0.6) is 0 Å². The molecular weight excluding hydrogens is 262 g/mol. The third kappa shape index (κ3) is 1.55. The highest BCUT2D eigenvalue weighted by Crippen LogP contribution is 2.53. The molecule has 104 valence electrons. The van der Waals surface area contributed by atoms with Gasteiger partial charge in [0.25, 0.3) is 5.71 Å². The molecule has 0 aromatic carbocycles. The van der Waals surface area contributed by atoms with E-state index >= 15 is 0 Å². The number of pyridine rings is 1. The highest BCUT2D eigenvalue weighted by molar-refractivity contribution is 5.91. The summed E-state index contributed by atoms with van der Waals surface area (Å²) in [5.74, 6) is 0. The zero-order valence-corrected chi connectivity index (χ0v) is 11.2. The Kier molecular flexibility index (Phi) is 2.07. The topological polar surface area (TPSA) is 38.9 Å². The lowest BCUT2D eigenvalue weighted by Crippen LogP contribution is -2.04. The van der Waals surface area contributed by atoms with Gasteiger partial charge in [-0.15, -0.1) is 0 Å². The maximum atomic E-state index is 14.3. The van der Waals surface area contributed by atoms with Gasteiger partial charge in [-0.3, -0.25) is 0 Å². The van der Waals surface area contributed by atoms with E-state index in [-0.39, 0.29) is 11.4 Å². The number of alkyl halides is 2. The van der Waals surface area contributed by atoms with E-state index in [1.807, 2.05) is 6.92 Å². The van der Waals surface area contributed by atoms with Crippen LogP contribution in [-0.2, 0) is 11.3 Å². The smallest absolute Gasteiger partial charge is 0.259 e. The van der Waals surface area contributed by atoms with E-state index in [9.17, 15) is 8.78 Å². The van der Waals surface area contributed by atoms with Crippen molar-refractivity contribution in [2.24, 2.45) is 0 Å². The highest BCUT2D eigenvalue weighted by atomic mass is 19.1. The fourth-order valence-electron chi connectivity index (χ4n) is 2.54. The molecule has 0 amide bonds. The zero-order valence-electron chi connectivity index (χ0n) is 11.2. The molecule has 4 rings (SSSR count). The van der Waals surface area contributed by atoms with E-state index in [2.05, 4.69) is 16.7 Å². The van der Waals surface area contributed by atoms with Gasteiger partial charge < -0.3 is 4.52 Å². The van der Waals surface area contributed by atoms with E-state index in [0.29, 0.717) is 42.3 Å². The van der Waals surface area contributed by atoms with Gasteiger partial charge in [0.2, 0.25) is 0 Å². The van der Waals surface area contributed by atoms with Crippen LogP contribution >= 0.6 is 0 Å². The molecule has 0 radical (unpaired) electrons. The first-order valence-electron chi connectivity index (χ1n) is 6.78. The second-order valence-corrected chi connectivity index (χ2v) is 5.98. The van der Waals surface area contributed by atoms with Crippen LogP contribution in [0.2, 0.25) is 0 Å². The Morgan fingerprint density at radius 3 is 2.45 bits per heavy atom. The van der Waals surface area contributed by atoms with Crippen molar-refractivity contribution in [3.63, 3.8) is 0 Å². The lowest BCUT2D eigenvalue weighted by Gasteiger charge is -2.09. The van der Waals surface area contributed by atoms with Crippen LogP contribution < -0.4 is 0 Å². The zero-order chi connectivity index (χ0) is 14.1. The maximum Gasteiger partial charge on any atom is 0.259 e. The van der Waals surface area contributed by atoms with E-state index in [1.54, 1.807) is 6.07 Å². The number of allylic oxidation sites excluding steroid dienone is 1. The number of halogens is 2. The fraction of sp³-hybridized carbons (Fsp3) is 0.467. The van der Waals surface area contributed by atoms with Crippen LogP contribution in [0.3, 0.4) is 0 Å². The van der Waals surface area contributed by atoms with Crippen molar-refractivity contribution in [2.75, 3.05) is 0 Å². The molecule has 3 nitrogen and oxygen atoms in total. The van der Waals surface area contributed by atoms with Crippen molar-refractivity contribution >= 4 is 16.7 Å². The third-order valence-corrected chi connectivity index (χ3v) is 4.17. The Morgan fingerprint density at radius 2 is 1.90 bits per heavy atom. The van der Waals surface area contributed by atoms with Crippen LogP contribution in [0.25, 0.3) is 16.7 Å². The lowest BCUT2D eigenvalue weighted by atomic mass is 10.00. The summed E-state index contributed by atoms with van der Waals surface area (Å²) in [6.45, 7) is 5.71. The summed E-state index contributed by atoms with van der Waals surface area (Å²) in [6.07, 6.45) is 1.82. The first-order valence-corrected chi connectivity index (χ1v) is 6.78. The second-order valence-electron chi connectivity index (χ2n) is 5.98. The largest absolute Gasteiger partial charge is 0.335 e. The molecule has 2 aromatic rings. The summed E-state index contributed by atoms with van der Waals surface area (Å²) in [6, 6.07) is 1.67. The number of hydrogen-bond donors (Lipinski definition) is 0. The van der Waals surface area contributed by atoms with Gasteiger partial charge in [-0.1, -0.05) is 17.3 Å². The Hall–Kier alpha value is -1.78. The monoisotopic (exact) mass is 276 g/mol. The van der Waals surface area contributed by atoms with E-state index in [4.69, 9.17) is 4.52 Å². The van der Waals surface area contributed by atoms with E-state index in [1.165, 1.54) is 0 Å². The Bertz CT molecular complexity index is 742. The Balaban J connectivity index is 2.00. The molecule has 2 aliphatic rings.